The van der Waals surface area contributed by atoms with Gasteiger partial charge in [-0.15, -0.1) is 0 Å². The molecule has 0 saturated heterocycles. The van der Waals surface area contributed by atoms with Crippen molar-refractivity contribution in [1.82, 2.24) is 0 Å². The van der Waals surface area contributed by atoms with Crippen LogP contribution in [-0.4, -0.2) is 17.0 Å². The summed E-state index contributed by atoms with van der Waals surface area (Å²) in [4.78, 5) is 23.6. The number of carbonyl (C=O) groups excluding carboxylic acids is 1. The molecule has 0 aliphatic rings. The lowest BCUT2D eigenvalue weighted by Crippen LogP contribution is -2.39. The number of aliphatic carboxylic acids is 1. The minimum Gasteiger partial charge on any atom is -0.481 e. The minimum atomic E-state index is -1.11. The second-order valence-corrected chi connectivity index (χ2v) is 6.92. The predicted octanol–water partition coefficient (Wildman–Crippen LogP) is 3.75. The molecule has 0 heterocycles. The zero-order valence-corrected chi connectivity index (χ0v) is 14.0. The van der Waals surface area contributed by atoms with E-state index in [-0.39, 0.29) is 0 Å². The Morgan fingerprint density at radius 3 is 2.20 bits per heavy atom. The summed E-state index contributed by atoms with van der Waals surface area (Å²) in [6.45, 7) is 9.05. The number of halogens is 1. The van der Waals surface area contributed by atoms with E-state index in [0.717, 1.165) is 15.6 Å². The highest BCUT2D eigenvalue weighted by Crippen LogP contribution is 2.31. The van der Waals surface area contributed by atoms with E-state index in [2.05, 4.69) is 21.2 Å². The lowest BCUT2D eigenvalue weighted by molar-refractivity contribution is -0.149. The Morgan fingerprint density at radius 2 is 1.80 bits per heavy atom. The maximum Gasteiger partial charge on any atom is 0.316 e. The molecule has 1 rings (SSSR count). The lowest BCUT2D eigenvalue weighted by atomic mass is 9.80. The highest BCUT2D eigenvalue weighted by Gasteiger charge is 2.38. The van der Waals surface area contributed by atoms with Crippen molar-refractivity contribution in [1.29, 1.82) is 0 Å². The highest BCUT2D eigenvalue weighted by molar-refractivity contribution is 9.10. The Bertz CT molecular complexity index is 524. The van der Waals surface area contributed by atoms with Gasteiger partial charge in [-0.25, -0.2) is 0 Å². The van der Waals surface area contributed by atoms with Crippen LogP contribution in [0.25, 0.3) is 0 Å². The van der Waals surface area contributed by atoms with Gasteiger partial charge in [0.05, 0.1) is 5.69 Å². The SMILES string of the molecule is Cc1cc(C)c(NC(=O)C(C(=O)O)C(C)(C)C)c(Br)c1. The second kappa shape index (κ2) is 5.95. The smallest absolute Gasteiger partial charge is 0.316 e. The molecule has 0 spiro atoms. The molecular formula is C15H20BrNO3. The first kappa shape index (κ1) is 16.7. The van der Waals surface area contributed by atoms with E-state index in [0.29, 0.717) is 5.69 Å². The summed E-state index contributed by atoms with van der Waals surface area (Å²) in [7, 11) is 0. The van der Waals surface area contributed by atoms with Crippen molar-refractivity contribution in [2.45, 2.75) is 34.6 Å². The molecule has 1 aromatic rings. The molecule has 110 valence electrons. The van der Waals surface area contributed by atoms with Crippen LogP contribution in [-0.2, 0) is 9.59 Å². The van der Waals surface area contributed by atoms with Gasteiger partial charge in [-0.3, -0.25) is 9.59 Å². The maximum atomic E-state index is 12.3. The molecule has 1 atom stereocenters. The van der Waals surface area contributed by atoms with Crippen molar-refractivity contribution in [2.75, 3.05) is 5.32 Å². The summed E-state index contributed by atoms with van der Waals surface area (Å²) in [6.07, 6.45) is 0. The van der Waals surface area contributed by atoms with E-state index in [1.165, 1.54) is 0 Å². The number of carboxylic acid groups (broad SMARTS) is 1. The second-order valence-electron chi connectivity index (χ2n) is 6.07. The lowest BCUT2D eigenvalue weighted by Gasteiger charge is -2.26. The number of rotatable bonds is 3. The predicted molar refractivity (Wildman–Crippen MR) is 82.8 cm³/mol. The molecule has 1 amide bonds. The molecule has 2 N–H and O–H groups in total. The first-order valence-corrected chi connectivity index (χ1v) is 7.13. The Hall–Kier alpha value is -1.36. The molecule has 0 aromatic heterocycles. The average Bonchev–Trinajstić information content (AvgIpc) is 2.20. The zero-order valence-electron chi connectivity index (χ0n) is 12.4. The van der Waals surface area contributed by atoms with Crippen molar-refractivity contribution in [3.8, 4) is 0 Å². The number of anilines is 1. The number of carbonyl (C=O) groups is 2. The number of amides is 1. The summed E-state index contributed by atoms with van der Waals surface area (Å²) < 4.78 is 0.751. The van der Waals surface area contributed by atoms with Gasteiger partial charge < -0.3 is 10.4 Å². The Labute approximate surface area is 127 Å². The van der Waals surface area contributed by atoms with Gasteiger partial charge in [0.15, 0.2) is 0 Å². The standard InChI is InChI=1S/C15H20BrNO3/c1-8-6-9(2)12(10(16)7-8)17-13(18)11(14(19)20)15(3,4)5/h6-7,11H,1-5H3,(H,17,18)(H,19,20). The Kier molecular flexibility index (Phi) is 4.97. The van der Waals surface area contributed by atoms with E-state index < -0.39 is 23.2 Å². The summed E-state index contributed by atoms with van der Waals surface area (Å²) in [5.41, 5.74) is 1.93. The molecule has 1 aromatic carbocycles. The summed E-state index contributed by atoms with van der Waals surface area (Å²) in [6, 6.07) is 3.82. The molecule has 0 saturated carbocycles. The minimum absolute atomic E-state index is 0.502. The monoisotopic (exact) mass is 341 g/mol. The number of carboxylic acids is 1. The van der Waals surface area contributed by atoms with Crippen LogP contribution in [0.1, 0.15) is 31.9 Å². The molecular weight excluding hydrogens is 322 g/mol. The molecule has 0 aliphatic heterocycles. The maximum absolute atomic E-state index is 12.3. The van der Waals surface area contributed by atoms with Crippen molar-refractivity contribution in [3.05, 3.63) is 27.7 Å². The van der Waals surface area contributed by atoms with Crippen molar-refractivity contribution in [3.63, 3.8) is 0 Å². The van der Waals surface area contributed by atoms with Crippen LogP contribution in [0.4, 0.5) is 5.69 Å². The third-order valence-corrected chi connectivity index (χ3v) is 3.68. The summed E-state index contributed by atoms with van der Waals surface area (Å²) in [5, 5.41) is 12.0. The topological polar surface area (TPSA) is 66.4 Å². The van der Waals surface area contributed by atoms with Crippen LogP contribution >= 0.6 is 15.9 Å². The van der Waals surface area contributed by atoms with Crippen LogP contribution < -0.4 is 5.32 Å². The first-order valence-electron chi connectivity index (χ1n) is 6.34. The number of nitrogens with one attached hydrogen (secondary N) is 1. The number of aryl methyl sites for hydroxylation is 2. The van der Waals surface area contributed by atoms with Crippen LogP contribution in [0, 0.1) is 25.2 Å². The van der Waals surface area contributed by atoms with E-state index >= 15 is 0 Å². The van der Waals surface area contributed by atoms with E-state index in [1.807, 2.05) is 26.0 Å². The third kappa shape index (κ3) is 3.82. The van der Waals surface area contributed by atoms with E-state index in [1.54, 1.807) is 20.8 Å². The van der Waals surface area contributed by atoms with Gasteiger partial charge in [0.25, 0.3) is 0 Å². The van der Waals surface area contributed by atoms with Crippen LogP contribution in [0.3, 0.4) is 0 Å². The van der Waals surface area contributed by atoms with E-state index in [4.69, 9.17) is 0 Å². The molecule has 1 unspecified atom stereocenters. The quantitative estimate of drug-likeness (QED) is 0.822. The van der Waals surface area contributed by atoms with E-state index in [9.17, 15) is 14.7 Å². The van der Waals surface area contributed by atoms with Crippen molar-refractivity contribution >= 4 is 33.5 Å². The summed E-state index contributed by atoms with van der Waals surface area (Å²) in [5.74, 6) is -2.72. The van der Waals surface area contributed by atoms with Gasteiger partial charge in [-0.2, -0.15) is 0 Å². The molecule has 0 radical (unpaired) electrons. The van der Waals surface area contributed by atoms with Gasteiger partial charge >= 0.3 is 5.97 Å². The fourth-order valence-electron chi connectivity index (χ4n) is 2.15. The average molecular weight is 342 g/mol. The van der Waals surface area contributed by atoms with Crippen LogP contribution in [0.5, 0.6) is 0 Å². The molecule has 4 nitrogen and oxygen atoms in total. The van der Waals surface area contributed by atoms with Gasteiger partial charge in [0.1, 0.15) is 5.92 Å². The third-order valence-electron chi connectivity index (χ3n) is 3.06. The zero-order chi connectivity index (χ0) is 15.7. The van der Waals surface area contributed by atoms with Gasteiger partial charge in [-0.1, -0.05) is 26.8 Å². The van der Waals surface area contributed by atoms with Gasteiger partial charge in [0, 0.05) is 4.47 Å². The van der Waals surface area contributed by atoms with Crippen molar-refractivity contribution < 1.29 is 14.7 Å². The first-order chi connectivity index (χ1) is 9.04. The molecule has 0 bridgehead atoms. The fourth-order valence-corrected chi connectivity index (χ4v) is 2.92. The largest absolute Gasteiger partial charge is 0.481 e. The van der Waals surface area contributed by atoms with Crippen LogP contribution in [0.2, 0.25) is 0 Å². The molecule has 5 heteroatoms. The van der Waals surface area contributed by atoms with Crippen molar-refractivity contribution in [2.24, 2.45) is 11.3 Å². The summed E-state index contributed by atoms with van der Waals surface area (Å²) >= 11 is 3.40. The number of hydrogen-bond acceptors (Lipinski definition) is 2. The highest BCUT2D eigenvalue weighted by atomic mass is 79.9. The normalized spacial score (nSPS) is 12.9. The Balaban J connectivity index is 3.10. The molecule has 20 heavy (non-hydrogen) atoms. The van der Waals surface area contributed by atoms with Gasteiger partial charge in [0.2, 0.25) is 5.91 Å². The van der Waals surface area contributed by atoms with Gasteiger partial charge in [-0.05, 0) is 52.4 Å². The van der Waals surface area contributed by atoms with Crippen LogP contribution in [0.15, 0.2) is 16.6 Å². The number of benzene rings is 1. The molecule has 0 fully saturated rings. The molecule has 0 aliphatic carbocycles. The number of hydrogen-bond donors (Lipinski definition) is 2. The fraction of sp³-hybridized carbons (Fsp3) is 0.467. The Morgan fingerprint density at radius 1 is 1.25 bits per heavy atom.